The van der Waals surface area contributed by atoms with E-state index in [4.69, 9.17) is 14.9 Å². The average molecular weight is 396 g/mol. The lowest BCUT2D eigenvalue weighted by molar-refractivity contribution is -0.0332. The Balaban J connectivity index is 1.69. The van der Waals surface area contributed by atoms with Gasteiger partial charge in [0.05, 0.1) is 19.0 Å². The molecule has 2 aromatic rings. The van der Waals surface area contributed by atoms with E-state index in [1.165, 1.54) is 12.7 Å². The third-order valence-electron chi connectivity index (χ3n) is 5.93. The summed E-state index contributed by atoms with van der Waals surface area (Å²) >= 11 is 0. The minimum atomic E-state index is -1.94. The first kappa shape index (κ1) is 20.2. The largest absolute Gasteiger partial charge is 0.414 e. The molecule has 1 aliphatic rings. The highest BCUT2D eigenvalue weighted by Gasteiger charge is 2.43. The quantitative estimate of drug-likeness (QED) is 0.717. The van der Waals surface area contributed by atoms with Crippen molar-refractivity contribution in [2.45, 2.75) is 76.7 Å². The summed E-state index contributed by atoms with van der Waals surface area (Å²) in [7, 11) is -1.94. The van der Waals surface area contributed by atoms with Crippen LogP contribution < -0.4 is 5.73 Å². The number of imidazole rings is 1. The van der Waals surface area contributed by atoms with Crippen molar-refractivity contribution in [1.82, 2.24) is 19.5 Å². The molecule has 1 aliphatic heterocycles. The van der Waals surface area contributed by atoms with Gasteiger partial charge >= 0.3 is 0 Å². The standard InChI is InChI=1S/C18H30FN5O2Si/c1-6-7-18(2,3)27(4,5)25-9-12-8-13(19)17(26-12)24-11-23-14-15(20)21-10-22-16(14)24/h10-13,17H,6-9H2,1-5H3,(H2,20,21,22)/t12-,13-,17+/m0/s1. The zero-order valence-electron chi connectivity index (χ0n) is 16.8. The van der Waals surface area contributed by atoms with E-state index in [1.54, 1.807) is 4.57 Å². The summed E-state index contributed by atoms with van der Waals surface area (Å²) in [5.41, 5.74) is 6.76. The van der Waals surface area contributed by atoms with Gasteiger partial charge in [0.15, 0.2) is 26.0 Å². The van der Waals surface area contributed by atoms with Crippen molar-refractivity contribution >= 4 is 25.3 Å². The number of nitrogens with zero attached hydrogens (tertiary/aromatic N) is 4. The Morgan fingerprint density at radius 2 is 2.11 bits per heavy atom. The molecule has 1 saturated heterocycles. The van der Waals surface area contributed by atoms with E-state index < -0.39 is 20.7 Å². The summed E-state index contributed by atoms with van der Waals surface area (Å²) in [6, 6.07) is 0. The van der Waals surface area contributed by atoms with E-state index in [0.29, 0.717) is 24.2 Å². The first-order chi connectivity index (χ1) is 12.7. The Bertz CT molecular complexity index is 797. The molecule has 2 N–H and O–H groups in total. The number of rotatable bonds is 7. The fourth-order valence-corrected chi connectivity index (χ4v) is 5.38. The number of anilines is 1. The van der Waals surface area contributed by atoms with Gasteiger partial charge in [0.2, 0.25) is 0 Å². The smallest absolute Gasteiger partial charge is 0.192 e. The van der Waals surface area contributed by atoms with Crippen LogP contribution in [-0.2, 0) is 9.16 Å². The molecular weight excluding hydrogens is 365 g/mol. The van der Waals surface area contributed by atoms with E-state index in [-0.39, 0.29) is 17.0 Å². The Hall–Kier alpha value is -1.58. The molecule has 0 bridgehead atoms. The second-order valence-electron chi connectivity index (χ2n) is 8.44. The normalized spacial score (nSPS) is 24.0. The Labute approximate surface area is 160 Å². The van der Waals surface area contributed by atoms with Crippen LogP contribution in [0.5, 0.6) is 0 Å². The Morgan fingerprint density at radius 1 is 1.37 bits per heavy atom. The highest BCUT2D eigenvalue weighted by Crippen LogP contribution is 2.42. The summed E-state index contributed by atoms with van der Waals surface area (Å²) in [6.07, 6.45) is 3.19. The maximum Gasteiger partial charge on any atom is 0.192 e. The molecular formula is C18H30FN5O2Si. The molecule has 1 fully saturated rings. The Kier molecular flexibility index (Phi) is 5.56. The molecule has 9 heteroatoms. The lowest BCUT2D eigenvalue weighted by atomic mass is 10.1. The van der Waals surface area contributed by atoms with Gasteiger partial charge in [0, 0.05) is 6.42 Å². The van der Waals surface area contributed by atoms with Crippen molar-refractivity contribution in [2.24, 2.45) is 0 Å². The number of halogens is 1. The molecule has 0 aromatic carbocycles. The second-order valence-corrected chi connectivity index (χ2v) is 13.1. The molecule has 0 unspecified atom stereocenters. The van der Waals surface area contributed by atoms with Gasteiger partial charge in [0.25, 0.3) is 0 Å². The van der Waals surface area contributed by atoms with Gasteiger partial charge in [-0.25, -0.2) is 19.3 Å². The van der Waals surface area contributed by atoms with Gasteiger partial charge in [-0.1, -0.05) is 27.2 Å². The van der Waals surface area contributed by atoms with Crippen molar-refractivity contribution in [2.75, 3.05) is 12.3 Å². The predicted molar refractivity (Wildman–Crippen MR) is 106 cm³/mol. The molecule has 150 valence electrons. The van der Waals surface area contributed by atoms with E-state index >= 15 is 0 Å². The summed E-state index contributed by atoms with van der Waals surface area (Å²) in [6.45, 7) is 11.6. The van der Waals surface area contributed by atoms with Crippen molar-refractivity contribution < 1.29 is 13.6 Å². The highest BCUT2D eigenvalue weighted by atomic mass is 28.4. The highest BCUT2D eigenvalue weighted by molar-refractivity contribution is 6.74. The van der Waals surface area contributed by atoms with Gasteiger partial charge < -0.3 is 14.9 Å². The number of hydrogen-bond donors (Lipinski definition) is 1. The van der Waals surface area contributed by atoms with Crippen LogP contribution in [0.25, 0.3) is 11.2 Å². The maximum atomic E-state index is 14.7. The van der Waals surface area contributed by atoms with Crippen LogP contribution in [0.4, 0.5) is 10.2 Å². The first-order valence-corrected chi connectivity index (χ1v) is 12.4. The molecule has 27 heavy (non-hydrogen) atoms. The number of nitrogens with two attached hydrogens (primary N) is 1. The van der Waals surface area contributed by atoms with Crippen LogP contribution in [-0.4, -0.2) is 46.7 Å². The first-order valence-electron chi connectivity index (χ1n) is 9.53. The molecule has 0 radical (unpaired) electrons. The average Bonchev–Trinajstić information content (AvgIpc) is 3.17. The number of ether oxygens (including phenoxy) is 1. The topological polar surface area (TPSA) is 88.1 Å². The second kappa shape index (κ2) is 7.44. The molecule has 3 atom stereocenters. The van der Waals surface area contributed by atoms with Crippen molar-refractivity contribution in [3.05, 3.63) is 12.7 Å². The zero-order chi connectivity index (χ0) is 19.8. The van der Waals surface area contributed by atoms with E-state index in [9.17, 15) is 4.39 Å². The minimum absolute atomic E-state index is 0.157. The third kappa shape index (κ3) is 3.85. The lowest BCUT2D eigenvalue weighted by Crippen LogP contribution is -2.44. The van der Waals surface area contributed by atoms with Crippen LogP contribution in [0.1, 0.15) is 46.3 Å². The van der Waals surface area contributed by atoms with Gasteiger partial charge in [-0.05, 0) is 24.6 Å². The lowest BCUT2D eigenvalue weighted by Gasteiger charge is -2.39. The molecule has 0 spiro atoms. The molecule has 2 aromatic heterocycles. The third-order valence-corrected chi connectivity index (χ3v) is 10.3. The summed E-state index contributed by atoms with van der Waals surface area (Å²) < 4.78 is 28.6. The monoisotopic (exact) mass is 395 g/mol. The van der Waals surface area contributed by atoms with E-state index in [2.05, 4.69) is 48.8 Å². The molecule has 0 aliphatic carbocycles. The molecule has 0 amide bonds. The number of fused-ring (bicyclic) bond motifs is 1. The van der Waals surface area contributed by atoms with Gasteiger partial charge in [-0.15, -0.1) is 0 Å². The molecule has 0 saturated carbocycles. The summed E-state index contributed by atoms with van der Waals surface area (Å²) in [5.74, 6) is 0.276. The van der Waals surface area contributed by atoms with Crippen LogP contribution in [0, 0.1) is 0 Å². The number of hydrogen-bond acceptors (Lipinski definition) is 6. The van der Waals surface area contributed by atoms with Crippen LogP contribution in [0.15, 0.2) is 12.7 Å². The minimum Gasteiger partial charge on any atom is -0.414 e. The van der Waals surface area contributed by atoms with Crippen LogP contribution in [0.3, 0.4) is 0 Å². The Morgan fingerprint density at radius 3 is 2.81 bits per heavy atom. The van der Waals surface area contributed by atoms with E-state index in [1.807, 2.05) is 0 Å². The fourth-order valence-electron chi connectivity index (χ4n) is 3.53. The summed E-state index contributed by atoms with van der Waals surface area (Å²) in [5, 5.41) is 0.157. The van der Waals surface area contributed by atoms with Crippen molar-refractivity contribution in [3.63, 3.8) is 0 Å². The van der Waals surface area contributed by atoms with Crippen LogP contribution in [0.2, 0.25) is 18.1 Å². The van der Waals surface area contributed by atoms with E-state index in [0.717, 1.165) is 12.8 Å². The zero-order valence-corrected chi connectivity index (χ0v) is 17.8. The van der Waals surface area contributed by atoms with Gasteiger partial charge in [-0.2, -0.15) is 0 Å². The number of aromatic nitrogens is 4. The number of nitrogen functional groups attached to an aromatic ring is 1. The fraction of sp³-hybridized carbons (Fsp3) is 0.722. The SMILES string of the molecule is CCCC(C)(C)[Si](C)(C)OC[C@@H]1C[C@H](F)[C@H](n2cnc3c(N)ncnc32)O1. The summed E-state index contributed by atoms with van der Waals surface area (Å²) in [4.78, 5) is 12.3. The predicted octanol–water partition coefficient (Wildman–Crippen LogP) is 3.84. The molecule has 3 rings (SSSR count). The van der Waals surface area contributed by atoms with Crippen LogP contribution >= 0.6 is 0 Å². The van der Waals surface area contributed by atoms with Gasteiger partial charge in [-0.3, -0.25) is 4.57 Å². The van der Waals surface area contributed by atoms with Gasteiger partial charge in [0.1, 0.15) is 18.0 Å². The maximum absolute atomic E-state index is 14.7. The number of alkyl halides is 1. The van der Waals surface area contributed by atoms with Crippen molar-refractivity contribution in [3.8, 4) is 0 Å². The molecule has 7 nitrogen and oxygen atoms in total. The molecule has 3 heterocycles. The van der Waals surface area contributed by atoms with Crippen molar-refractivity contribution in [1.29, 1.82) is 0 Å².